The maximum absolute atomic E-state index is 12.4. The van der Waals surface area contributed by atoms with Crippen LogP contribution in [0, 0.1) is 0 Å². The molecule has 0 saturated heterocycles. The molecule has 0 aliphatic rings. The molecule has 2 aromatic heterocycles. The molecule has 0 amide bonds. The van der Waals surface area contributed by atoms with Crippen LogP contribution in [0.15, 0.2) is 51.0 Å². The predicted molar refractivity (Wildman–Crippen MR) is 104 cm³/mol. The molecule has 0 bridgehead atoms. The maximum atomic E-state index is 12.4. The van der Waals surface area contributed by atoms with E-state index in [9.17, 15) is 14.4 Å². The third kappa shape index (κ3) is 4.64. The number of carbonyl (C=O) groups excluding carboxylic acids is 2. The van der Waals surface area contributed by atoms with Crippen molar-refractivity contribution in [1.29, 1.82) is 0 Å². The summed E-state index contributed by atoms with van der Waals surface area (Å²) in [6.07, 6.45) is -0.118. The molecule has 1 atom stereocenters. The third-order valence-corrected chi connectivity index (χ3v) is 5.05. The summed E-state index contributed by atoms with van der Waals surface area (Å²) < 4.78 is 11.4. The van der Waals surface area contributed by atoms with Gasteiger partial charge in [0.1, 0.15) is 0 Å². The van der Waals surface area contributed by atoms with Crippen LogP contribution < -0.4 is 5.76 Å². The van der Waals surface area contributed by atoms with Gasteiger partial charge in [0.15, 0.2) is 6.10 Å². The topological polar surface area (TPSA) is 91.4 Å². The monoisotopic (exact) mass is 400 g/mol. The summed E-state index contributed by atoms with van der Waals surface area (Å²) in [7, 11) is 0. The molecule has 0 spiro atoms. The van der Waals surface area contributed by atoms with E-state index in [1.807, 2.05) is 30.5 Å². The van der Waals surface area contributed by atoms with Crippen LogP contribution in [0.2, 0.25) is 0 Å². The van der Waals surface area contributed by atoms with Gasteiger partial charge < -0.3 is 9.15 Å². The van der Waals surface area contributed by atoms with Crippen molar-refractivity contribution < 1.29 is 18.7 Å². The van der Waals surface area contributed by atoms with Gasteiger partial charge >= 0.3 is 11.7 Å². The lowest BCUT2D eigenvalue weighted by Gasteiger charge is -2.12. The lowest BCUT2D eigenvalue weighted by Crippen LogP contribution is -2.26. The first-order valence-corrected chi connectivity index (χ1v) is 9.80. The summed E-state index contributed by atoms with van der Waals surface area (Å²) in [6.45, 7) is 3.58. The van der Waals surface area contributed by atoms with E-state index in [-0.39, 0.29) is 24.6 Å². The van der Waals surface area contributed by atoms with E-state index < -0.39 is 17.8 Å². The van der Waals surface area contributed by atoms with Gasteiger partial charge in [-0.15, -0.1) is 16.4 Å². The fourth-order valence-corrected chi connectivity index (χ4v) is 3.24. The van der Waals surface area contributed by atoms with Crippen LogP contribution in [0.1, 0.15) is 36.2 Å². The van der Waals surface area contributed by atoms with E-state index >= 15 is 0 Å². The molecular formula is C20H20N2O5S. The van der Waals surface area contributed by atoms with Crippen LogP contribution in [0.25, 0.3) is 10.8 Å². The Morgan fingerprint density at radius 2 is 2.00 bits per heavy atom. The second-order valence-corrected chi connectivity index (χ2v) is 7.12. The van der Waals surface area contributed by atoms with Gasteiger partial charge in [-0.3, -0.25) is 9.59 Å². The molecule has 7 nitrogen and oxygen atoms in total. The standard InChI is InChI=1S/C20H20N2O5S/c1-3-14-6-8-15(9-7-14)18(24)13(2)26-17(23)10-11-22-20(25)27-19(21-22)16-5-4-12-28-16/h4-9,12-13H,3,10-11H2,1-2H3. The van der Waals surface area contributed by atoms with E-state index in [0.29, 0.717) is 5.56 Å². The summed E-state index contributed by atoms with van der Waals surface area (Å²) in [4.78, 5) is 37.0. The van der Waals surface area contributed by atoms with Crippen molar-refractivity contribution in [3.05, 3.63) is 63.5 Å². The van der Waals surface area contributed by atoms with Crippen LogP contribution >= 0.6 is 11.3 Å². The van der Waals surface area contributed by atoms with Gasteiger partial charge in [-0.25, -0.2) is 4.79 Å². The van der Waals surface area contributed by atoms with E-state index in [0.717, 1.165) is 21.5 Å². The first kappa shape index (κ1) is 19.8. The molecule has 0 saturated carbocycles. The maximum Gasteiger partial charge on any atom is 0.437 e. The molecule has 28 heavy (non-hydrogen) atoms. The highest BCUT2D eigenvalue weighted by Gasteiger charge is 2.20. The first-order chi connectivity index (χ1) is 13.5. The van der Waals surface area contributed by atoms with E-state index in [2.05, 4.69) is 5.10 Å². The van der Waals surface area contributed by atoms with E-state index in [4.69, 9.17) is 9.15 Å². The van der Waals surface area contributed by atoms with Gasteiger partial charge in [0.05, 0.1) is 17.8 Å². The third-order valence-electron chi connectivity index (χ3n) is 4.19. The normalized spacial score (nSPS) is 11.9. The number of hydrogen-bond donors (Lipinski definition) is 0. The number of esters is 1. The zero-order valence-electron chi connectivity index (χ0n) is 15.6. The Morgan fingerprint density at radius 3 is 2.64 bits per heavy atom. The Bertz CT molecular complexity index is 1000. The Labute approximate surface area is 165 Å². The van der Waals surface area contributed by atoms with Crippen molar-refractivity contribution >= 4 is 23.1 Å². The Hall–Kier alpha value is -3.00. The summed E-state index contributed by atoms with van der Waals surface area (Å²) >= 11 is 1.40. The Balaban J connectivity index is 1.55. The van der Waals surface area contributed by atoms with Gasteiger partial charge in [0.25, 0.3) is 5.89 Å². The largest absolute Gasteiger partial charge is 0.454 e. The number of ketones is 1. The molecule has 146 valence electrons. The highest BCUT2D eigenvalue weighted by atomic mass is 32.1. The highest BCUT2D eigenvalue weighted by Crippen LogP contribution is 2.21. The fourth-order valence-electron chi connectivity index (χ4n) is 2.59. The zero-order valence-corrected chi connectivity index (χ0v) is 16.4. The van der Waals surface area contributed by atoms with Gasteiger partial charge in [-0.2, -0.15) is 4.68 Å². The average molecular weight is 400 g/mol. The minimum atomic E-state index is -0.907. The molecular weight excluding hydrogens is 380 g/mol. The molecule has 0 aliphatic carbocycles. The number of rotatable bonds is 8. The number of aromatic nitrogens is 2. The number of nitrogens with zero attached hydrogens (tertiary/aromatic N) is 2. The van der Waals surface area contributed by atoms with Crippen LogP contribution in [0.3, 0.4) is 0 Å². The van der Waals surface area contributed by atoms with Gasteiger partial charge in [0.2, 0.25) is 5.78 Å². The van der Waals surface area contributed by atoms with Crippen LogP contribution in [0.5, 0.6) is 0 Å². The smallest absolute Gasteiger partial charge is 0.437 e. The SMILES string of the molecule is CCc1ccc(C(=O)C(C)OC(=O)CCn2nc(-c3cccs3)oc2=O)cc1. The minimum Gasteiger partial charge on any atom is -0.454 e. The predicted octanol–water partition coefficient (Wildman–Crippen LogP) is 3.33. The Morgan fingerprint density at radius 1 is 1.25 bits per heavy atom. The average Bonchev–Trinajstić information content (AvgIpc) is 3.35. The number of thiophene rings is 1. The number of carbonyl (C=O) groups is 2. The van der Waals surface area contributed by atoms with Crippen LogP contribution in [-0.4, -0.2) is 27.6 Å². The molecule has 0 N–H and O–H groups in total. The first-order valence-electron chi connectivity index (χ1n) is 8.92. The molecule has 1 unspecified atom stereocenters. The molecule has 3 rings (SSSR count). The number of hydrogen-bond acceptors (Lipinski definition) is 7. The summed E-state index contributed by atoms with van der Waals surface area (Å²) in [5.74, 6) is -1.28. The van der Waals surface area contributed by atoms with Crippen molar-refractivity contribution in [2.24, 2.45) is 0 Å². The van der Waals surface area contributed by atoms with Crippen LogP contribution in [0.4, 0.5) is 0 Å². The molecule has 2 heterocycles. The summed E-state index contributed by atoms with van der Waals surface area (Å²) in [5.41, 5.74) is 1.62. The lowest BCUT2D eigenvalue weighted by molar-refractivity contribution is -0.146. The molecule has 0 aliphatic heterocycles. The molecule has 0 fully saturated rings. The zero-order chi connectivity index (χ0) is 20.1. The molecule has 1 aromatic carbocycles. The van der Waals surface area contributed by atoms with Crippen molar-refractivity contribution in [3.8, 4) is 10.8 Å². The number of aryl methyl sites for hydroxylation is 2. The minimum absolute atomic E-state index is 0.0125. The number of ether oxygens (including phenoxy) is 1. The van der Waals surface area contributed by atoms with Gasteiger partial charge in [-0.1, -0.05) is 37.3 Å². The highest BCUT2D eigenvalue weighted by molar-refractivity contribution is 7.13. The molecule has 3 aromatic rings. The second kappa shape index (κ2) is 8.79. The van der Waals surface area contributed by atoms with Crippen LogP contribution in [-0.2, 0) is 22.5 Å². The fraction of sp³-hybridized carbons (Fsp3) is 0.300. The second-order valence-electron chi connectivity index (χ2n) is 6.17. The van der Waals surface area contributed by atoms with Gasteiger partial charge in [0, 0.05) is 5.56 Å². The van der Waals surface area contributed by atoms with Gasteiger partial charge in [-0.05, 0) is 30.4 Å². The van der Waals surface area contributed by atoms with E-state index in [1.54, 1.807) is 18.2 Å². The summed E-state index contributed by atoms with van der Waals surface area (Å²) in [6, 6.07) is 10.8. The van der Waals surface area contributed by atoms with Crippen molar-refractivity contribution in [2.75, 3.05) is 0 Å². The van der Waals surface area contributed by atoms with Crippen molar-refractivity contribution in [3.63, 3.8) is 0 Å². The molecule has 0 radical (unpaired) electrons. The summed E-state index contributed by atoms with van der Waals surface area (Å²) in [5, 5.41) is 5.92. The quantitative estimate of drug-likeness (QED) is 0.425. The number of Topliss-reactive ketones (excluding diaryl/α,β-unsaturated/α-hetero) is 1. The lowest BCUT2D eigenvalue weighted by atomic mass is 10.0. The van der Waals surface area contributed by atoms with E-state index in [1.165, 1.54) is 18.3 Å². The molecule has 8 heteroatoms. The number of benzene rings is 1. The Kier molecular flexibility index (Phi) is 6.20. The van der Waals surface area contributed by atoms with Crippen molar-refractivity contribution in [2.45, 2.75) is 39.3 Å². The van der Waals surface area contributed by atoms with Crippen molar-refractivity contribution in [1.82, 2.24) is 9.78 Å².